The molecular formula is C13H20ClNO. The van der Waals surface area contributed by atoms with Crippen molar-refractivity contribution >= 4 is 11.6 Å². The molecule has 2 N–H and O–H groups in total. The highest BCUT2D eigenvalue weighted by Gasteiger charge is 2.12. The number of halogens is 1. The summed E-state index contributed by atoms with van der Waals surface area (Å²) in [6.07, 6.45) is 2.06. The number of rotatable bonds is 5. The molecule has 0 saturated carbocycles. The molecule has 1 atom stereocenters. The van der Waals surface area contributed by atoms with Crippen LogP contribution in [0.5, 0.6) is 5.75 Å². The molecule has 90 valence electrons. The second-order valence-electron chi connectivity index (χ2n) is 4.46. The van der Waals surface area contributed by atoms with Crippen LogP contribution in [0.25, 0.3) is 0 Å². The van der Waals surface area contributed by atoms with Gasteiger partial charge in [0.2, 0.25) is 0 Å². The van der Waals surface area contributed by atoms with Crippen LogP contribution in [0.15, 0.2) is 18.2 Å². The van der Waals surface area contributed by atoms with E-state index in [1.54, 1.807) is 7.11 Å². The number of methoxy groups -OCH3 is 1. The van der Waals surface area contributed by atoms with Crippen LogP contribution >= 0.6 is 11.6 Å². The fraction of sp³-hybridized carbons (Fsp3) is 0.538. The molecule has 0 saturated heterocycles. The lowest BCUT2D eigenvalue weighted by Gasteiger charge is -2.17. The van der Waals surface area contributed by atoms with E-state index in [1.165, 1.54) is 0 Å². The van der Waals surface area contributed by atoms with Gasteiger partial charge in [0.1, 0.15) is 5.75 Å². The molecule has 0 bridgehead atoms. The van der Waals surface area contributed by atoms with E-state index in [0.717, 1.165) is 24.2 Å². The largest absolute Gasteiger partial charge is 0.496 e. The van der Waals surface area contributed by atoms with Gasteiger partial charge in [-0.2, -0.15) is 0 Å². The summed E-state index contributed by atoms with van der Waals surface area (Å²) < 4.78 is 5.29. The van der Waals surface area contributed by atoms with Crippen molar-refractivity contribution in [2.45, 2.75) is 32.7 Å². The van der Waals surface area contributed by atoms with Gasteiger partial charge in [-0.25, -0.2) is 0 Å². The minimum atomic E-state index is -0.00366. The third-order valence-corrected chi connectivity index (χ3v) is 2.88. The number of hydrogen-bond acceptors (Lipinski definition) is 2. The molecule has 0 unspecified atom stereocenters. The van der Waals surface area contributed by atoms with Gasteiger partial charge in [-0.05, 0) is 37.0 Å². The van der Waals surface area contributed by atoms with Crippen LogP contribution in [0.2, 0.25) is 5.02 Å². The van der Waals surface area contributed by atoms with E-state index in [0.29, 0.717) is 10.9 Å². The molecule has 3 heteroatoms. The van der Waals surface area contributed by atoms with Crippen LogP contribution in [-0.4, -0.2) is 7.11 Å². The average Bonchev–Trinajstić information content (AvgIpc) is 2.25. The molecule has 2 nitrogen and oxygen atoms in total. The summed E-state index contributed by atoms with van der Waals surface area (Å²) in [6, 6.07) is 5.58. The Labute approximate surface area is 103 Å². The van der Waals surface area contributed by atoms with E-state index in [4.69, 9.17) is 22.1 Å². The smallest absolute Gasteiger partial charge is 0.123 e. The van der Waals surface area contributed by atoms with Crippen molar-refractivity contribution in [1.29, 1.82) is 0 Å². The zero-order valence-corrected chi connectivity index (χ0v) is 10.9. The number of nitrogens with two attached hydrogens (primary N) is 1. The van der Waals surface area contributed by atoms with Crippen molar-refractivity contribution in [1.82, 2.24) is 0 Å². The van der Waals surface area contributed by atoms with Gasteiger partial charge in [-0.15, -0.1) is 0 Å². The first-order valence-corrected chi connectivity index (χ1v) is 6.01. The Morgan fingerprint density at radius 2 is 2.00 bits per heavy atom. The van der Waals surface area contributed by atoms with E-state index >= 15 is 0 Å². The predicted octanol–water partition coefficient (Wildman–Crippen LogP) is 3.78. The molecule has 0 amide bonds. The maximum Gasteiger partial charge on any atom is 0.123 e. The minimum absolute atomic E-state index is 0.00366. The second-order valence-corrected chi connectivity index (χ2v) is 4.90. The summed E-state index contributed by atoms with van der Waals surface area (Å²) in [5.74, 6) is 1.48. The highest BCUT2D eigenvalue weighted by molar-refractivity contribution is 6.30. The molecule has 0 aliphatic carbocycles. The maximum atomic E-state index is 6.15. The Morgan fingerprint density at radius 1 is 1.31 bits per heavy atom. The molecule has 16 heavy (non-hydrogen) atoms. The summed E-state index contributed by atoms with van der Waals surface area (Å²) in [5.41, 5.74) is 7.15. The van der Waals surface area contributed by atoms with Gasteiger partial charge < -0.3 is 10.5 Å². The Balaban J connectivity index is 2.80. The molecular weight excluding hydrogens is 222 g/mol. The van der Waals surface area contributed by atoms with Gasteiger partial charge in [0, 0.05) is 16.6 Å². The molecule has 0 aliphatic rings. The van der Waals surface area contributed by atoms with Crippen LogP contribution in [0, 0.1) is 5.92 Å². The third kappa shape index (κ3) is 3.69. The zero-order chi connectivity index (χ0) is 12.1. The minimum Gasteiger partial charge on any atom is -0.496 e. The van der Waals surface area contributed by atoms with Crippen LogP contribution < -0.4 is 10.5 Å². The van der Waals surface area contributed by atoms with Crippen LogP contribution in [0.4, 0.5) is 0 Å². The molecule has 0 aromatic heterocycles. The maximum absolute atomic E-state index is 6.15. The Bertz CT molecular complexity index is 339. The molecule has 1 rings (SSSR count). The van der Waals surface area contributed by atoms with E-state index in [2.05, 4.69) is 13.8 Å². The molecule has 0 fully saturated rings. The molecule has 0 aliphatic heterocycles. The zero-order valence-electron chi connectivity index (χ0n) is 10.2. The quantitative estimate of drug-likeness (QED) is 0.852. The summed E-state index contributed by atoms with van der Waals surface area (Å²) in [7, 11) is 1.65. The van der Waals surface area contributed by atoms with E-state index in [9.17, 15) is 0 Å². The summed E-state index contributed by atoms with van der Waals surface area (Å²) in [4.78, 5) is 0. The summed E-state index contributed by atoms with van der Waals surface area (Å²) in [6.45, 7) is 4.39. The van der Waals surface area contributed by atoms with Gasteiger partial charge in [0.25, 0.3) is 0 Å². The fourth-order valence-electron chi connectivity index (χ4n) is 1.66. The lowest BCUT2D eigenvalue weighted by atomic mass is 9.98. The van der Waals surface area contributed by atoms with E-state index in [-0.39, 0.29) is 6.04 Å². The second kappa shape index (κ2) is 6.12. The molecule has 0 spiro atoms. The van der Waals surface area contributed by atoms with Crippen molar-refractivity contribution in [3.05, 3.63) is 28.8 Å². The van der Waals surface area contributed by atoms with E-state index < -0.39 is 0 Å². The topological polar surface area (TPSA) is 35.2 Å². The standard InChI is InChI=1S/C13H20ClNO/c1-9(2)4-6-12(15)11-8-10(14)5-7-13(11)16-3/h5,7-9,12H,4,6,15H2,1-3H3/t12-/m1/s1. The Hall–Kier alpha value is -0.730. The molecule has 1 aromatic carbocycles. The fourth-order valence-corrected chi connectivity index (χ4v) is 1.84. The molecule has 0 heterocycles. The predicted molar refractivity (Wildman–Crippen MR) is 69.0 cm³/mol. The Morgan fingerprint density at radius 3 is 2.56 bits per heavy atom. The molecule has 0 radical (unpaired) electrons. The van der Waals surface area contributed by atoms with Crippen molar-refractivity contribution < 1.29 is 4.74 Å². The monoisotopic (exact) mass is 241 g/mol. The average molecular weight is 242 g/mol. The lowest BCUT2D eigenvalue weighted by molar-refractivity contribution is 0.401. The summed E-state index contributed by atoms with van der Waals surface area (Å²) in [5, 5.41) is 0.704. The van der Waals surface area contributed by atoms with Gasteiger partial charge in [0.05, 0.1) is 7.11 Å². The Kier molecular flexibility index (Phi) is 5.10. The van der Waals surface area contributed by atoms with E-state index in [1.807, 2.05) is 18.2 Å². The number of benzene rings is 1. The van der Waals surface area contributed by atoms with Gasteiger partial charge >= 0.3 is 0 Å². The number of hydrogen-bond donors (Lipinski definition) is 1. The van der Waals surface area contributed by atoms with Crippen molar-refractivity contribution in [3.63, 3.8) is 0 Å². The van der Waals surface area contributed by atoms with Crippen LogP contribution in [0.3, 0.4) is 0 Å². The SMILES string of the molecule is COc1ccc(Cl)cc1[C@H](N)CCC(C)C. The third-order valence-electron chi connectivity index (χ3n) is 2.65. The first kappa shape index (κ1) is 13.3. The highest BCUT2D eigenvalue weighted by atomic mass is 35.5. The van der Waals surface area contributed by atoms with Gasteiger partial charge in [-0.1, -0.05) is 25.4 Å². The van der Waals surface area contributed by atoms with Crippen LogP contribution in [0.1, 0.15) is 38.3 Å². The van der Waals surface area contributed by atoms with Crippen LogP contribution in [-0.2, 0) is 0 Å². The normalized spacial score (nSPS) is 12.9. The summed E-state index contributed by atoms with van der Waals surface area (Å²) >= 11 is 5.97. The van der Waals surface area contributed by atoms with Crippen molar-refractivity contribution in [3.8, 4) is 5.75 Å². The number of ether oxygens (including phenoxy) is 1. The van der Waals surface area contributed by atoms with Gasteiger partial charge in [-0.3, -0.25) is 0 Å². The first-order valence-electron chi connectivity index (χ1n) is 5.63. The van der Waals surface area contributed by atoms with Gasteiger partial charge in [0.15, 0.2) is 0 Å². The first-order chi connectivity index (χ1) is 7.54. The highest BCUT2D eigenvalue weighted by Crippen LogP contribution is 2.29. The van der Waals surface area contributed by atoms with Crippen molar-refractivity contribution in [2.75, 3.05) is 7.11 Å². The lowest BCUT2D eigenvalue weighted by Crippen LogP contribution is -2.12. The molecule has 1 aromatic rings. The van der Waals surface area contributed by atoms with Crippen molar-refractivity contribution in [2.24, 2.45) is 11.7 Å².